The van der Waals surface area contributed by atoms with E-state index in [-0.39, 0.29) is 31.4 Å². The van der Waals surface area contributed by atoms with E-state index in [9.17, 15) is 29.1 Å². The molecule has 15 nitrogen and oxygen atoms in total. The van der Waals surface area contributed by atoms with Crippen molar-refractivity contribution >= 4 is 57.2 Å². The van der Waals surface area contributed by atoms with Crippen LogP contribution in [0.3, 0.4) is 0 Å². The largest absolute Gasteiger partial charge is 0.496 e. The third kappa shape index (κ3) is 8.30. The number of hydrogen-bond acceptors (Lipinski definition) is 11. The van der Waals surface area contributed by atoms with Gasteiger partial charge in [-0.1, -0.05) is 33.8 Å². The molecule has 2 aromatic heterocycles. The molecule has 5 atom stereocenters. The summed E-state index contributed by atoms with van der Waals surface area (Å²) in [5.74, 6) is -2.01. The van der Waals surface area contributed by atoms with Crippen molar-refractivity contribution in [3.05, 3.63) is 41.8 Å². The Hall–Kier alpha value is -5.25. The van der Waals surface area contributed by atoms with Crippen molar-refractivity contribution in [2.75, 3.05) is 19.0 Å². The number of aromatic nitrogens is 2. The summed E-state index contributed by atoms with van der Waals surface area (Å²) < 4.78 is 17.9. The lowest BCUT2D eigenvalue weighted by molar-refractivity contribution is -0.146. The van der Waals surface area contributed by atoms with Gasteiger partial charge in [-0.2, -0.15) is 0 Å². The van der Waals surface area contributed by atoms with Crippen molar-refractivity contribution < 1.29 is 43.3 Å². The van der Waals surface area contributed by atoms with Crippen molar-refractivity contribution in [2.24, 2.45) is 11.3 Å². The number of nitrogens with zero attached hydrogens (tertiary/aromatic N) is 3. The fourth-order valence-corrected chi connectivity index (χ4v) is 8.20. The number of aliphatic carboxylic acids is 1. The molecule has 4 amide bonds. The van der Waals surface area contributed by atoms with E-state index in [2.05, 4.69) is 27.5 Å². The lowest BCUT2D eigenvalue weighted by Crippen LogP contribution is -2.59. The number of carbonyl (C=O) groups is 5. The molecule has 0 spiro atoms. The number of benzene rings is 1. The third-order valence-corrected chi connectivity index (χ3v) is 11.6. The number of methoxy groups -OCH3 is 1. The molecule has 56 heavy (non-hydrogen) atoms. The van der Waals surface area contributed by atoms with Crippen LogP contribution >= 0.6 is 11.3 Å². The summed E-state index contributed by atoms with van der Waals surface area (Å²) in [5.41, 5.74) is -0.0453. The Balaban J connectivity index is 1.34. The first-order valence-electron chi connectivity index (χ1n) is 18.9. The van der Waals surface area contributed by atoms with Crippen LogP contribution in [0.2, 0.25) is 0 Å². The van der Waals surface area contributed by atoms with Gasteiger partial charge in [0.15, 0.2) is 5.13 Å². The minimum Gasteiger partial charge on any atom is -0.496 e. The zero-order valence-electron chi connectivity index (χ0n) is 32.6. The summed E-state index contributed by atoms with van der Waals surface area (Å²) in [6.45, 7) is 12.7. The number of likely N-dealkylation sites (tertiary alicyclic amines) is 1. The Kier molecular flexibility index (Phi) is 11.6. The number of fused-ring (bicyclic) bond motifs is 1. The van der Waals surface area contributed by atoms with E-state index in [0.29, 0.717) is 45.3 Å². The maximum absolute atomic E-state index is 14.6. The highest BCUT2D eigenvalue weighted by Gasteiger charge is 2.61. The van der Waals surface area contributed by atoms with E-state index in [1.807, 2.05) is 33.8 Å². The highest BCUT2D eigenvalue weighted by atomic mass is 32.1. The fraction of sp³-hybridized carbons (Fsp3) is 0.525. The van der Waals surface area contributed by atoms with Gasteiger partial charge in [0.25, 0.3) is 0 Å². The van der Waals surface area contributed by atoms with Crippen LogP contribution in [-0.4, -0.2) is 93.2 Å². The fourth-order valence-electron chi connectivity index (χ4n) is 7.48. The number of ether oxygens (including phenoxy) is 3. The monoisotopic (exact) mass is 790 g/mol. The van der Waals surface area contributed by atoms with Gasteiger partial charge in [0.05, 0.1) is 24.9 Å². The van der Waals surface area contributed by atoms with Gasteiger partial charge in [0, 0.05) is 41.2 Å². The number of amides is 4. The van der Waals surface area contributed by atoms with Gasteiger partial charge in [-0.3, -0.25) is 14.4 Å². The van der Waals surface area contributed by atoms with E-state index in [4.69, 9.17) is 19.2 Å². The van der Waals surface area contributed by atoms with E-state index >= 15 is 0 Å². The minimum absolute atomic E-state index is 0.0214. The number of alkyl carbamates (subject to hydrolysis) is 1. The predicted molar refractivity (Wildman–Crippen MR) is 210 cm³/mol. The minimum atomic E-state index is -1.53. The maximum Gasteiger partial charge on any atom is 0.408 e. The van der Waals surface area contributed by atoms with Crippen LogP contribution in [0, 0.1) is 18.3 Å². The molecule has 1 aromatic carbocycles. The van der Waals surface area contributed by atoms with E-state index in [1.54, 1.807) is 31.5 Å². The van der Waals surface area contributed by atoms with Gasteiger partial charge in [0.2, 0.25) is 17.7 Å². The molecular formula is C40H50N6O9S. The molecule has 2 saturated carbocycles. The molecule has 1 unspecified atom stereocenters. The second-order valence-electron chi connectivity index (χ2n) is 15.8. The highest BCUT2D eigenvalue weighted by Crippen LogP contribution is 2.45. The molecule has 0 bridgehead atoms. The average Bonchev–Trinajstić information content (AvgIpc) is 3.57. The molecule has 300 valence electrons. The Morgan fingerprint density at radius 3 is 2.46 bits per heavy atom. The summed E-state index contributed by atoms with van der Waals surface area (Å²) in [4.78, 5) is 77.2. The van der Waals surface area contributed by atoms with E-state index in [0.717, 1.165) is 31.2 Å². The number of aryl methyl sites for hydroxylation is 1. The number of pyridine rings is 1. The lowest BCUT2D eigenvalue weighted by atomic mass is 9.85. The Bertz CT molecular complexity index is 2040. The van der Waals surface area contributed by atoms with Crippen molar-refractivity contribution in [3.63, 3.8) is 0 Å². The number of thiazole rings is 1. The Morgan fingerprint density at radius 1 is 1.11 bits per heavy atom. The number of hydrogen-bond donors (Lipinski definition) is 4. The Labute approximate surface area is 329 Å². The SMILES string of the molecule is C=C[C@@H]1C[C@]1(NC(=O)[C@H]1C[C@@H](Oc2cc(-c3csc(NC(=O)CC)n3)nc3c(C)c(OC)ccc23)CN1C(=O)C(NC(=O)OC1CCCC1)C(C)(C)C)C(=O)O. The van der Waals surface area contributed by atoms with Crippen LogP contribution in [-0.2, 0) is 23.9 Å². The van der Waals surface area contributed by atoms with Gasteiger partial charge in [-0.15, -0.1) is 17.9 Å². The van der Waals surface area contributed by atoms with Gasteiger partial charge < -0.3 is 40.2 Å². The number of carbonyl (C=O) groups excluding carboxylic acids is 4. The quantitative estimate of drug-likeness (QED) is 0.157. The number of carboxylic acid groups (broad SMARTS) is 1. The van der Waals surface area contributed by atoms with Crippen LogP contribution in [0.25, 0.3) is 22.3 Å². The lowest BCUT2D eigenvalue weighted by Gasteiger charge is -2.35. The predicted octanol–water partition coefficient (Wildman–Crippen LogP) is 5.60. The second kappa shape index (κ2) is 16.1. The first kappa shape index (κ1) is 40.4. The first-order chi connectivity index (χ1) is 26.6. The molecule has 6 rings (SSSR count). The van der Waals surface area contributed by atoms with Gasteiger partial charge in [-0.05, 0) is 56.6 Å². The third-order valence-electron chi connectivity index (χ3n) is 10.8. The summed E-state index contributed by atoms with van der Waals surface area (Å²) in [6.07, 6.45) is 3.72. The summed E-state index contributed by atoms with van der Waals surface area (Å²) in [5, 5.41) is 21.2. The van der Waals surface area contributed by atoms with Crippen LogP contribution < -0.4 is 25.4 Å². The summed E-state index contributed by atoms with van der Waals surface area (Å²) in [7, 11) is 1.56. The standard InChI is InChI=1S/C40H50N6O9S/c1-8-22-18-40(22,36(50)51)45-34(48)28-16-24(19-46(28)35(49)33(39(4,5)6)44-38(52)55-23-12-10-11-13-23)54-30-17-26(27-20-56-37(42-27)43-31(47)9-2)41-32-21(3)29(53-7)15-14-25(30)32/h8,14-15,17,20,22-24,28,33H,1,9-13,16,18-19H2,2-7H3,(H,44,52)(H,45,48)(H,50,51)(H,42,43,47)/t22-,24-,28-,33?,40-/m1/s1. The molecule has 3 aromatic rings. The van der Waals surface area contributed by atoms with Crippen LogP contribution in [0.5, 0.6) is 11.5 Å². The summed E-state index contributed by atoms with van der Waals surface area (Å²) in [6, 6.07) is 3.12. The van der Waals surface area contributed by atoms with E-state index < -0.39 is 58.9 Å². The van der Waals surface area contributed by atoms with Crippen molar-refractivity contribution in [1.29, 1.82) is 0 Å². The molecule has 2 aliphatic carbocycles. The maximum atomic E-state index is 14.6. The molecule has 1 saturated heterocycles. The normalized spacial score (nSPS) is 22.6. The number of carboxylic acids is 1. The van der Waals surface area contributed by atoms with Crippen LogP contribution in [0.15, 0.2) is 36.2 Å². The molecule has 3 heterocycles. The van der Waals surface area contributed by atoms with Gasteiger partial charge in [0.1, 0.15) is 47.0 Å². The zero-order valence-corrected chi connectivity index (χ0v) is 33.4. The zero-order chi connectivity index (χ0) is 40.5. The van der Waals surface area contributed by atoms with Crippen molar-refractivity contribution in [2.45, 2.75) is 109 Å². The van der Waals surface area contributed by atoms with Crippen molar-refractivity contribution in [1.82, 2.24) is 25.5 Å². The highest BCUT2D eigenvalue weighted by molar-refractivity contribution is 7.14. The second-order valence-corrected chi connectivity index (χ2v) is 16.6. The van der Waals surface area contributed by atoms with Crippen LogP contribution in [0.4, 0.5) is 9.93 Å². The van der Waals surface area contributed by atoms with E-state index in [1.165, 1.54) is 22.3 Å². The van der Waals surface area contributed by atoms with Crippen molar-refractivity contribution in [3.8, 4) is 22.9 Å². The van der Waals surface area contributed by atoms with Crippen LogP contribution in [0.1, 0.15) is 78.2 Å². The molecule has 16 heteroatoms. The average molecular weight is 791 g/mol. The molecule has 0 radical (unpaired) electrons. The molecule has 3 aliphatic rings. The smallest absolute Gasteiger partial charge is 0.408 e. The Morgan fingerprint density at radius 2 is 1.84 bits per heavy atom. The molecule has 3 fully saturated rings. The molecule has 1 aliphatic heterocycles. The van der Waals surface area contributed by atoms with Gasteiger partial charge >= 0.3 is 12.1 Å². The number of rotatable bonds is 13. The molecular weight excluding hydrogens is 741 g/mol. The number of nitrogens with one attached hydrogen (secondary N) is 3. The van der Waals surface area contributed by atoms with Gasteiger partial charge in [-0.25, -0.2) is 19.6 Å². The number of anilines is 1. The summed E-state index contributed by atoms with van der Waals surface area (Å²) >= 11 is 1.26. The topological polar surface area (TPSA) is 198 Å². The first-order valence-corrected chi connectivity index (χ1v) is 19.8. The molecule has 4 N–H and O–H groups in total.